The van der Waals surface area contributed by atoms with Crippen molar-refractivity contribution in [1.82, 2.24) is 15.0 Å². The van der Waals surface area contributed by atoms with Gasteiger partial charge in [-0.15, -0.1) is 4.74 Å². The van der Waals surface area contributed by atoms with Crippen molar-refractivity contribution in [1.29, 1.82) is 0 Å². The quantitative estimate of drug-likeness (QED) is 0.862. The van der Waals surface area contributed by atoms with Crippen LogP contribution in [-0.4, -0.2) is 48.3 Å². The van der Waals surface area contributed by atoms with Gasteiger partial charge in [0.05, 0.1) is 6.54 Å². The van der Waals surface area contributed by atoms with Crippen LogP contribution < -0.4 is 10.9 Å². The van der Waals surface area contributed by atoms with Gasteiger partial charge in [-0.1, -0.05) is 0 Å². The van der Waals surface area contributed by atoms with Gasteiger partial charge in [0, 0.05) is 12.1 Å². The molecule has 1 atom stereocenters. The molecular formula is C13H21N3O3. The van der Waals surface area contributed by atoms with Crippen molar-refractivity contribution in [3.8, 4) is 0 Å². The minimum atomic E-state index is -0.390. The Morgan fingerprint density at radius 3 is 3.00 bits per heavy atom. The lowest BCUT2D eigenvalue weighted by Crippen LogP contribution is -2.39. The summed E-state index contributed by atoms with van der Waals surface area (Å²) in [5.41, 5.74) is -0.390. The zero-order valence-corrected chi connectivity index (χ0v) is 11.5. The summed E-state index contributed by atoms with van der Waals surface area (Å²) in [7, 11) is 1.93. The first-order chi connectivity index (χ1) is 9.08. The van der Waals surface area contributed by atoms with Crippen LogP contribution in [0.3, 0.4) is 0 Å². The molecule has 0 aliphatic carbocycles. The highest BCUT2D eigenvalue weighted by atomic mass is 16.5. The largest absolute Gasteiger partial charge is 0.373 e. The van der Waals surface area contributed by atoms with Gasteiger partial charge in [0.1, 0.15) is 5.76 Å². The van der Waals surface area contributed by atoms with E-state index in [4.69, 9.17) is 4.52 Å². The standard InChI is InChI=1S/C13H21N3O3/c1-10-8-12(17)16(19-10)13(18)9-15(2)11-4-3-6-14-7-5-11/h8,11,14H,3-7,9H2,1-2H3. The minimum Gasteiger partial charge on any atom is -0.373 e. The summed E-state index contributed by atoms with van der Waals surface area (Å²) in [5.74, 6) is 0.150. The lowest BCUT2D eigenvalue weighted by atomic mass is 10.1. The normalized spacial score (nSPS) is 20.5. The van der Waals surface area contributed by atoms with E-state index in [1.54, 1.807) is 6.92 Å². The molecule has 1 aliphatic heterocycles. The molecule has 1 fully saturated rings. The Morgan fingerprint density at radius 1 is 1.53 bits per heavy atom. The van der Waals surface area contributed by atoms with Crippen molar-refractivity contribution in [2.24, 2.45) is 0 Å². The fraction of sp³-hybridized carbons (Fsp3) is 0.692. The Hall–Kier alpha value is -1.40. The molecule has 0 radical (unpaired) electrons. The predicted molar refractivity (Wildman–Crippen MR) is 71.5 cm³/mol. The molecule has 2 rings (SSSR count). The lowest BCUT2D eigenvalue weighted by molar-refractivity contribution is 0.0698. The van der Waals surface area contributed by atoms with Gasteiger partial charge in [0.15, 0.2) is 0 Å². The monoisotopic (exact) mass is 267 g/mol. The van der Waals surface area contributed by atoms with Gasteiger partial charge in [-0.25, -0.2) is 0 Å². The smallest absolute Gasteiger partial charge is 0.290 e. The van der Waals surface area contributed by atoms with Gasteiger partial charge in [0.2, 0.25) is 0 Å². The Labute approximate surface area is 112 Å². The van der Waals surface area contributed by atoms with Crippen LogP contribution in [0.5, 0.6) is 0 Å². The molecule has 2 heterocycles. The zero-order chi connectivity index (χ0) is 13.8. The molecule has 1 aliphatic rings. The Balaban J connectivity index is 1.98. The summed E-state index contributed by atoms with van der Waals surface area (Å²) in [6.07, 6.45) is 3.21. The van der Waals surface area contributed by atoms with Crippen molar-refractivity contribution in [3.05, 3.63) is 22.2 Å². The SMILES string of the molecule is Cc1cc(=O)n(C(=O)CN(C)C2CCCNCC2)o1. The number of hydrogen-bond donors (Lipinski definition) is 1. The first-order valence-electron chi connectivity index (χ1n) is 6.72. The zero-order valence-electron chi connectivity index (χ0n) is 11.5. The molecule has 1 aromatic rings. The van der Waals surface area contributed by atoms with Crippen molar-refractivity contribution >= 4 is 5.91 Å². The van der Waals surface area contributed by atoms with E-state index in [2.05, 4.69) is 5.32 Å². The second-order valence-corrected chi connectivity index (χ2v) is 5.12. The number of rotatable bonds is 3. The molecule has 0 spiro atoms. The van der Waals surface area contributed by atoms with Gasteiger partial charge in [-0.2, -0.15) is 0 Å². The fourth-order valence-electron chi connectivity index (χ4n) is 2.47. The first kappa shape index (κ1) is 14.0. The summed E-state index contributed by atoms with van der Waals surface area (Å²) in [6.45, 7) is 3.88. The van der Waals surface area contributed by atoms with E-state index >= 15 is 0 Å². The molecule has 1 aromatic heterocycles. The van der Waals surface area contributed by atoms with Crippen LogP contribution >= 0.6 is 0 Å². The second-order valence-electron chi connectivity index (χ2n) is 5.12. The van der Waals surface area contributed by atoms with Crippen molar-refractivity contribution in [2.75, 3.05) is 26.7 Å². The van der Waals surface area contributed by atoms with Crippen LogP contribution in [0, 0.1) is 6.92 Å². The maximum Gasteiger partial charge on any atom is 0.290 e. The van der Waals surface area contributed by atoms with E-state index in [1.807, 2.05) is 11.9 Å². The molecule has 1 saturated heterocycles. The fourth-order valence-corrected chi connectivity index (χ4v) is 2.47. The molecule has 1 unspecified atom stereocenters. The predicted octanol–water partition coefficient (Wildman–Crippen LogP) is 0.464. The number of likely N-dealkylation sites (N-methyl/N-ethyl adjacent to an activating group) is 1. The summed E-state index contributed by atoms with van der Waals surface area (Å²) in [6, 6.07) is 1.71. The molecule has 0 amide bonds. The molecule has 0 saturated carbocycles. The van der Waals surface area contributed by atoms with Crippen LogP contribution in [0.2, 0.25) is 0 Å². The minimum absolute atomic E-state index is 0.206. The third-order valence-electron chi connectivity index (χ3n) is 3.54. The van der Waals surface area contributed by atoms with Crippen LogP contribution in [0.15, 0.2) is 15.4 Å². The van der Waals surface area contributed by atoms with E-state index in [9.17, 15) is 9.59 Å². The Morgan fingerprint density at radius 2 is 2.32 bits per heavy atom. The average molecular weight is 267 g/mol. The van der Waals surface area contributed by atoms with Gasteiger partial charge >= 0.3 is 0 Å². The van der Waals surface area contributed by atoms with Gasteiger partial charge < -0.3 is 9.84 Å². The van der Waals surface area contributed by atoms with E-state index in [0.29, 0.717) is 11.8 Å². The van der Waals surface area contributed by atoms with Crippen LogP contribution in [-0.2, 0) is 0 Å². The number of carbonyl (C=O) groups is 1. The van der Waals surface area contributed by atoms with Crippen molar-refractivity contribution in [2.45, 2.75) is 32.2 Å². The second kappa shape index (κ2) is 6.16. The molecular weight excluding hydrogens is 246 g/mol. The number of nitrogens with one attached hydrogen (secondary N) is 1. The molecule has 0 aromatic carbocycles. The highest BCUT2D eigenvalue weighted by Crippen LogP contribution is 2.11. The molecule has 6 nitrogen and oxygen atoms in total. The summed E-state index contributed by atoms with van der Waals surface area (Å²) in [4.78, 5) is 25.6. The summed E-state index contributed by atoms with van der Waals surface area (Å²) >= 11 is 0. The summed E-state index contributed by atoms with van der Waals surface area (Å²) < 4.78 is 5.95. The number of carbonyl (C=O) groups excluding carboxylic acids is 1. The van der Waals surface area contributed by atoms with E-state index < -0.39 is 5.56 Å². The third kappa shape index (κ3) is 3.54. The average Bonchev–Trinajstić information content (AvgIpc) is 2.58. The maximum absolute atomic E-state index is 12.0. The highest BCUT2D eigenvalue weighted by Gasteiger charge is 2.21. The Kier molecular flexibility index (Phi) is 4.55. The molecule has 106 valence electrons. The van der Waals surface area contributed by atoms with Crippen LogP contribution in [0.4, 0.5) is 0 Å². The summed E-state index contributed by atoms with van der Waals surface area (Å²) in [5, 5.41) is 3.34. The van der Waals surface area contributed by atoms with Gasteiger partial charge in [0.25, 0.3) is 11.5 Å². The number of hydrogen-bond acceptors (Lipinski definition) is 5. The molecule has 19 heavy (non-hydrogen) atoms. The third-order valence-corrected chi connectivity index (χ3v) is 3.54. The number of nitrogens with zero attached hydrogens (tertiary/aromatic N) is 2. The number of aryl methyl sites for hydroxylation is 1. The van der Waals surface area contributed by atoms with Gasteiger partial charge in [-0.05, 0) is 46.3 Å². The van der Waals surface area contributed by atoms with Crippen LogP contribution in [0.1, 0.15) is 29.8 Å². The maximum atomic E-state index is 12.0. The molecule has 0 bridgehead atoms. The van der Waals surface area contributed by atoms with E-state index in [-0.39, 0.29) is 12.5 Å². The van der Waals surface area contributed by atoms with E-state index in [1.165, 1.54) is 6.07 Å². The number of aromatic nitrogens is 1. The highest BCUT2D eigenvalue weighted by molar-refractivity contribution is 5.79. The first-order valence-corrected chi connectivity index (χ1v) is 6.72. The van der Waals surface area contributed by atoms with Crippen LogP contribution in [0.25, 0.3) is 0 Å². The Bertz CT molecular complexity index is 484. The van der Waals surface area contributed by atoms with Gasteiger partial charge in [-0.3, -0.25) is 14.5 Å². The molecule has 1 N–H and O–H groups in total. The molecule has 6 heteroatoms. The van der Waals surface area contributed by atoms with Crippen molar-refractivity contribution in [3.63, 3.8) is 0 Å². The van der Waals surface area contributed by atoms with E-state index in [0.717, 1.165) is 37.1 Å². The topological polar surface area (TPSA) is 67.5 Å². The lowest BCUT2D eigenvalue weighted by Gasteiger charge is -2.25. The van der Waals surface area contributed by atoms with Crippen molar-refractivity contribution < 1.29 is 9.32 Å².